The minimum Gasteiger partial charge on any atom is -0.482 e. The van der Waals surface area contributed by atoms with Crippen LogP contribution in [0.4, 0.5) is 18.9 Å². The maximum absolute atomic E-state index is 12.0. The third kappa shape index (κ3) is 3.46. The van der Waals surface area contributed by atoms with Crippen LogP contribution in [-0.2, 0) is 4.79 Å². The lowest BCUT2D eigenvalue weighted by atomic mass is 10.0. The molecule has 0 aliphatic carbocycles. The lowest BCUT2D eigenvalue weighted by Crippen LogP contribution is -2.25. The Bertz CT molecular complexity index is 525. The van der Waals surface area contributed by atoms with Gasteiger partial charge in [-0.25, -0.2) is 0 Å². The maximum Gasteiger partial charge on any atom is 0.389 e. The largest absolute Gasteiger partial charge is 0.482 e. The van der Waals surface area contributed by atoms with Gasteiger partial charge in [-0.1, -0.05) is 0 Å². The van der Waals surface area contributed by atoms with Gasteiger partial charge in [0.15, 0.2) is 12.4 Å². The first-order valence-corrected chi connectivity index (χ1v) is 5.52. The van der Waals surface area contributed by atoms with E-state index in [4.69, 9.17) is 4.74 Å². The molecule has 0 aromatic heterocycles. The van der Waals surface area contributed by atoms with E-state index in [-0.39, 0.29) is 18.1 Å². The Hall–Kier alpha value is -2.05. The summed E-state index contributed by atoms with van der Waals surface area (Å²) in [6.07, 6.45) is -6.13. The Morgan fingerprint density at radius 1 is 1.37 bits per heavy atom. The van der Waals surface area contributed by atoms with E-state index in [1.165, 1.54) is 18.2 Å². The standard InChI is InChI=1S/C12H10F3NO3/c13-12(14,15)4-3-9(17)7-1-2-10-8(5-7)16-11(18)6-19-10/h1-2,5H,3-4,6H2,(H,16,18). The van der Waals surface area contributed by atoms with Crippen LogP contribution in [0.3, 0.4) is 0 Å². The molecular weight excluding hydrogens is 263 g/mol. The smallest absolute Gasteiger partial charge is 0.389 e. The molecule has 7 heteroatoms. The summed E-state index contributed by atoms with van der Waals surface area (Å²) in [6, 6.07) is 4.16. The Balaban J connectivity index is 2.11. The number of rotatable bonds is 3. The monoisotopic (exact) mass is 273 g/mol. The van der Waals surface area contributed by atoms with Crippen molar-refractivity contribution in [3.63, 3.8) is 0 Å². The van der Waals surface area contributed by atoms with Crippen LogP contribution in [0.1, 0.15) is 23.2 Å². The van der Waals surface area contributed by atoms with Crippen molar-refractivity contribution in [1.29, 1.82) is 0 Å². The van der Waals surface area contributed by atoms with Crippen LogP contribution in [0.25, 0.3) is 0 Å². The zero-order chi connectivity index (χ0) is 14.0. The van der Waals surface area contributed by atoms with Gasteiger partial charge in [-0.05, 0) is 18.2 Å². The molecule has 1 aromatic carbocycles. The van der Waals surface area contributed by atoms with Gasteiger partial charge in [-0.2, -0.15) is 13.2 Å². The quantitative estimate of drug-likeness (QED) is 0.861. The van der Waals surface area contributed by atoms with E-state index < -0.39 is 24.8 Å². The van der Waals surface area contributed by atoms with Gasteiger partial charge in [0.1, 0.15) is 5.75 Å². The summed E-state index contributed by atoms with van der Waals surface area (Å²) in [5.74, 6) is -0.598. The van der Waals surface area contributed by atoms with Crippen LogP contribution < -0.4 is 10.1 Å². The highest BCUT2D eigenvalue weighted by molar-refractivity contribution is 6.00. The van der Waals surface area contributed by atoms with Crippen molar-refractivity contribution >= 4 is 17.4 Å². The molecule has 2 rings (SSSR count). The summed E-state index contributed by atoms with van der Waals surface area (Å²) in [7, 11) is 0. The van der Waals surface area contributed by atoms with Gasteiger partial charge in [0.2, 0.25) is 0 Å². The number of alkyl halides is 3. The Labute approximate surface area is 106 Å². The highest BCUT2D eigenvalue weighted by Gasteiger charge is 2.28. The van der Waals surface area contributed by atoms with Gasteiger partial charge < -0.3 is 10.1 Å². The van der Waals surface area contributed by atoms with Gasteiger partial charge in [-0.15, -0.1) is 0 Å². The summed E-state index contributed by atoms with van der Waals surface area (Å²) >= 11 is 0. The molecule has 0 spiro atoms. The van der Waals surface area contributed by atoms with E-state index in [0.717, 1.165) is 0 Å². The number of Topliss-reactive ketones (excluding diaryl/α,β-unsaturated/α-hetero) is 1. The first-order valence-electron chi connectivity index (χ1n) is 5.52. The van der Waals surface area contributed by atoms with Crippen LogP contribution in [0.5, 0.6) is 5.75 Å². The number of halogens is 3. The second kappa shape index (κ2) is 4.91. The average Bonchev–Trinajstić information content (AvgIpc) is 2.34. The van der Waals surface area contributed by atoms with Crippen LogP contribution >= 0.6 is 0 Å². The summed E-state index contributed by atoms with van der Waals surface area (Å²) in [5, 5.41) is 2.49. The van der Waals surface area contributed by atoms with Crippen molar-refractivity contribution in [2.75, 3.05) is 11.9 Å². The Morgan fingerprint density at radius 3 is 2.79 bits per heavy atom. The molecule has 0 saturated heterocycles. The highest BCUT2D eigenvalue weighted by Crippen LogP contribution is 2.29. The van der Waals surface area contributed by atoms with Gasteiger partial charge in [0.05, 0.1) is 12.1 Å². The van der Waals surface area contributed by atoms with Crippen molar-refractivity contribution in [1.82, 2.24) is 0 Å². The molecule has 1 aliphatic rings. The molecule has 1 aliphatic heterocycles. The van der Waals surface area contributed by atoms with E-state index in [1.54, 1.807) is 0 Å². The zero-order valence-electron chi connectivity index (χ0n) is 9.71. The number of benzene rings is 1. The summed E-state index contributed by atoms with van der Waals surface area (Å²) in [6.45, 7) is -0.117. The fourth-order valence-corrected chi connectivity index (χ4v) is 1.66. The van der Waals surface area contributed by atoms with Gasteiger partial charge in [0, 0.05) is 12.0 Å². The topological polar surface area (TPSA) is 55.4 Å². The molecular formula is C12H10F3NO3. The van der Waals surface area contributed by atoms with Crippen molar-refractivity contribution in [2.24, 2.45) is 0 Å². The first kappa shape index (κ1) is 13.4. The fourth-order valence-electron chi connectivity index (χ4n) is 1.66. The molecule has 1 N–H and O–H groups in total. The SMILES string of the molecule is O=C1COc2ccc(C(=O)CCC(F)(F)F)cc2N1. The van der Waals surface area contributed by atoms with Gasteiger partial charge in [-0.3, -0.25) is 9.59 Å². The number of nitrogens with one attached hydrogen (secondary N) is 1. The number of hydrogen-bond acceptors (Lipinski definition) is 3. The molecule has 4 nitrogen and oxygen atoms in total. The predicted molar refractivity (Wildman–Crippen MR) is 60.2 cm³/mol. The van der Waals surface area contributed by atoms with Crippen LogP contribution in [0.15, 0.2) is 18.2 Å². The number of amides is 1. The lowest BCUT2D eigenvalue weighted by molar-refractivity contribution is -0.133. The number of ether oxygens (including phenoxy) is 1. The van der Waals surface area contributed by atoms with E-state index in [9.17, 15) is 22.8 Å². The first-order chi connectivity index (χ1) is 8.85. The molecule has 19 heavy (non-hydrogen) atoms. The molecule has 0 fully saturated rings. The Kier molecular flexibility index (Phi) is 3.46. The molecule has 0 bridgehead atoms. The molecule has 1 aromatic rings. The van der Waals surface area contributed by atoms with Gasteiger partial charge >= 0.3 is 6.18 Å². The average molecular weight is 273 g/mol. The third-order valence-corrected chi connectivity index (χ3v) is 2.57. The highest BCUT2D eigenvalue weighted by atomic mass is 19.4. The molecule has 0 atom stereocenters. The molecule has 1 amide bonds. The minimum atomic E-state index is -4.36. The zero-order valence-corrected chi connectivity index (χ0v) is 9.71. The predicted octanol–water partition coefficient (Wildman–Crippen LogP) is 2.54. The number of ketones is 1. The molecule has 0 unspecified atom stereocenters. The van der Waals surface area contributed by atoms with E-state index >= 15 is 0 Å². The molecule has 0 saturated carbocycles. The number of carbonyl (C=O) groups is 2. The van der Waals surface area contributed by atoms with Crippen molar-refractivity contribution in [2.45, 2.75) is 19.0 Å². The van der Waals surface area contributed by atoms with E-state index in [2.05, 4.69) is 5.32 Å². The van der Waals surface area contributed by atoms with Gasteiger partial charge in [0.25, 0.3) is 5.91 Å². The molecule has 0 radical (unpaired) electrons. The molecule has 102 valence electrons. The van der Waals surface area contributed by atoms with E-state index in [1.807, 2.05) is 0 Å². The summed E-state index contributed by atoms with van der Waals surface area (Å²) in [4.78, 5) is 22.7. The van der Waals surface area contributed by atoms with Crippen LogP contribution in [0, 0.1) is 0 Å². The van der Waals surface area contributed by atoms with Crippen molar-refractivity contribution in [3.8, 4) is 5.75 Å². The third-order valence-electron chi connectivity index (χ3n) is 2.57. The summed E-state index contributed by atoms with van der Waals surface area (Å²) in [5.41, 5.74) is 0.419. The summed E-state index contributed by atoms with van der Waals surface area (Å²) < 4.78 is 41.2. The number of hydrogen-bond donors (Lipinski definition) is 1. The maximum atomic E-state index is 12.0. The fraction of sp³-hybridized carbons (Fsp3) is 0.333. The lowest BCUT2D eigenvalue weighted by Gasteiger charge is -2.18. The molecule has 1 heterocycles. The van der Waals surface area contributed by atoms with Crippen LogP contribution in [-0.4, -0.2) is 24.5 Å². The van der Waals surface area contributed by atoms with Crippen LogP contribution in [0.2, 0.25) is 0 Å². The number of fused-ring (bicyclic) bond motifs is 1. The second-order valence-electron chi connectivity index (χ2n) is 4.09. The normalized spacial score (nSPS) is 14.4. The number of carbonyl (C=O) groups excluding carboxylic acids is 2. The number of anilines is 1. The van der Waals surface area contributed by atoms with Crippen molar-refractivity contribution < 1.29 is 27.5 Å². The minimum absolute atomic E-state index is 0.117. The van der Waals surface area contributed by atoms with E-state index in [0.29, 0.717) is 11.4 Å². The Morgan fingerprint density at radius 2 is 2.11 bits per heavy atom. The van der Waals surface area contributed by atoms with Crippen molar-refractivity contribution in [3.05, 3.63) is 23.8 Å². The second-order valence-corrected chi connectivity index (χ2v) is 4.09.